The number of aliphatic carboxylic acids is 1. The average molecular weight is 385 g/mol. The van der Waals surface area contributed by atoms with Gasteiger partial charge in [-0.2, -0.15) is 0 Å². The first-order chi connectivity index (χ1) is 11.4. The van der Waals surface area contributed by atoms with Gasteiger partial charge in [0.05, 0.1) is 4.91 Å². The topological polar surface area (TPSA) is 86.7 Å². The number of thioether (sulfide) groups is 1. The van der Waals surface area contributed by atoms with E-state index in [0.29, 0.717) is 22.2 Å². The van der Waals surface area contributed by atoms with E-state index in [1.54, 1.807) is 0 Å². The predicted octanol–water partition coefficient (Wildman–Crippen LogP) is 2.32. The van der Waals surface area contributed by atoms with Crippen LogP contribution in [0.15, 0.2) is 22.4 Å². The van der Waals surface area contributed by atoms with Gasteiger partial charge in [-0.1, -0.05) is 30.0 Å². The van der Waals surface area contributed by atoms with Gasteiger partial charge in [0, 0.05) is 17.8 Å². The van der Waals surface area contributed by atoms with Gasteiger partial charge in [-0.05, 0) is 30.9 Å². The lowest BCUT2D eigenvalue weighted by molar-refractivity contribution is -0.141. The molecule has 2 rings (SSSR count). The number of carboxylic acid groups (broad SMARTS) is 1. The molecule has 0 spiro atoms. The highest BCUT2D eigenvalue weighted by Gasteiger charge is 2.31. The van der Waals surface area contributed by atoms with Crippen LogP contribution in [0.25, 0.3) is 6.08 Å². The number of carbonyl (C=O) groups excluding carboxylic acids is 2. The summed E-state index contributed by atoms with van der Waals surface area (Å²) in [6.45, 7) is 1.74. The van der Waals surface area contributed by atoms with Crippen molar-refractivity contribution in [1.29, 1.82) is 0 Å². The van der Waals surface area contributed by atoms with E-state index in [2.05, 4.69) is 5.32 Å². The molecule has 1 unspecified atom stereocenters. The summed E-state index contributed by atoms with van der Waals surface area (Å²) in [4.78, 5) is 37.7. The first-order valence-electron chi connectivity index (χ1n) is 7.19. The largest absolute Gasteiger partial charge is 0.480 e. The lowest BCUT2D eigenvalue weighted by Crippen LogP contribution is -2.38. The average Bonchev–Trinajstić information content (AvgIpc) is 3.11. The molecule has 1 fully saturated rings. The van der Waals surface area contributed by atoms with Crippen LogP contribution in [0.2, 0.25) is 0 Å². The number of nitrogens with one attached hydrogen (secondary N) is 1. The standard InChI is InChI=1S/C15H16N2O4S3/c1-9(14(20)21)16-12(18)5-2-6-17-13(19)11(24-15(17)22)8-10-4-3-7-23-10/h3-4,7-9H,2,5-6H2,1H3,(H,16,18)(H,20,21)/b11-8-. The number of hydrogen-bond acceptors (Lipinski definition) is 6. The van der Waals surface area contributed by atoms with Crippen molar-refractivity contribution in [2.24, 2.45) is 0 Å². The zero-order chi connectivity index (χ0) is 17.7. The van der Waals surface area contributed by atoms with Crippen LogP contribution in [0.5, 0.6) is 0 Å². The fourth-order valence-corrected chi connectivity index (χ4v) is 4.00. The predicted molar refractivity (Wildman–Crippen MR) is 98.7 cm³/mol. The van der Waals surface area contributed by atoms with Crippen LogP contribution in [0.1, 0.15) is 24.6 Å². The molecule has 9 heteroatoms. The van der Waals surface area contributed by atoms with E-state index in [-0.39, 0.29) is 18.2 Å². The van der Waals surface area contributed by atoms with Gasteiger partial charge in [0.1, 0.15) is 10.4 Å². The van der Waals surface area contributed by atoms with Crippen molar-refractivity contribution < 1.29 is 19.5 Å². The Hall–Kier alpha value is -1.71. The third-order valence-electron chi connectivity index (χ3n) is 3.22. The summed E-state index contributed by atoms with van der Waals surface area (Å²) in [6.07, 6.45) is 2.36. The van der Waals surface area contributed by atoms with Crippen LogP contribution in [-0.4, -0.2) is 44.7 Å². The van der Waals surface area contributed by atoms with E-state index in [4.69, 9.17) is 17.3 Å². The van der Waals surface area contributed by atoms with E-state index in [9.17, 15) is 14.4 Å². The fraction of sp³-hybridized carbons (Fsp3) is 0.333. The minimum atomic E-state index is -1.08. The second kappa shape index (κ2) is 8.41. The number of thiocarbonyl (C=S) groups is 1. The van der Waals surface area contributed by atoms with Crippen molar-refractivity contribution in [3.05, 3.63) is 27.3 Å². The Labute approximate surface area is 152 Å². The molecule has 1 aromatic heterocycles. The lowest BCUT2D eigenvalue weighted by atomic mass is 10.2. The van der Waals surface area contributed by atoms with E-state index >= 15 is 0 Å². The molecule has 0 saturated carbocycles. The fourth-order valence-electron chi connectivity index (χ4n) is 1.97. The van der Waals surface area contributed by atoms with Gasteiger partial charge in [-0.25, -0.2) is 0 Å². The lowest BCUT2D eigenvalue weighted by Gasteiger charge is -2.14. The Balaban J connectivity index is 1.85. The molecular formula is C15H16N2O4S3. The normalized spacial score (nSPS) is 17.4. The zero-order valence-electron chi connectivity index (χ0n) is 12.9. The molecule has 24 heavy (non-hydrogen) atoms. The van der Waals surface area contributed by atoms with Crippen LogP contribution in [0, 0.1) is 0 Å². The molecule has 0 aliphatic carbocycles. The third-order valence-corrected chi connectivity index (χ3v) is 5.42. The van der Waals surface area contributed by atoms with Gasteiger partial charge in [0.15, 0.2) is 0 Å². The smallest absolute Gasteiger partial charge is 0.325 e. The van der Waals surface area contributed by atoms with Gasteiger partial charge in [0.2, 0.25) is 5.91 Å². The SMILES string of the molecule is CC(NC(=O)CCCN1C(=O)/C(=C/c2cccs2)SC1=S)C(=O)O. The number of thiophene rings is 1. The highest BCUT2D eigenvalue weighted by atomic mass is 32.2. The van der Waals surface area contributed by atoms with Gasteiger partial charge < -0.3 is 10.4 Å². The Morgan fingerprint density at radius 3 is 2.88 bits per heavy atom. The Kier molecular flexibility index (Phi) is 6.52. The summed E-state index contributed by atoms with van der Waals surface area (Å²) in [5.41, 5.74) is 0. The van der Waals surface area contributed by atoms with Gasteiger partial charge in [-0.15, -0.1) is 11.3 Å². The number of amides is 2. The molecule has 1 saturated heterocycles. The maximum absolute atomic E-state index is 12.4. The second-order valence-electron chi connectivity index (χ2n) is 5.08. The van der Waals surface area contributed by atoms with Crippen molar-refractivity contribution >= 4 is 63.5 Å². The molecule has 0 bridgehead atoms. The second-order valence-corrected chi connectivity index (χ2v) is 7.73. The first-order valence-corrected chi connectivity index (χ1v) is 9.30. The molecule has 2 heterocycles. The molecule has 0 aromatic carbocycles. The van der Waals surface area contributed by atoms with Crippen LogP contribution in [0.3, 0.4) is 0 Å². The summed E-state index contributed by atoms with van der Waals surface area (Å²) in [7, 11) is 0. The summed E-state index contributed by atoms with van der Waals surface area (Å²) in [6, 6.07) is 2.90. The van der Waals surface area contributed by atoms with E-state index < -0.39 is 12.0 Å². The summed E-state index contributed by atoms with van der Waals surface area (Å²) in [5, 5.41) is 13.0. The first kappa shape index (κ1) is 18.6. The van der Waals surface area contributed by atoms with Crippen LogP contribution >= 0.6 is 35.3 Å². The van der Waals surface area contributed by atoms with Crippen LogP contribution < -0.4 is 5.32 Å². The quantitative estimate of drug-likeness (QED) is 0.554. The molecule has 1 atom stereocenters. The molecule has 1 aliphatic rings. The van der Waals surface area contributed by atoms with Crippen molar-refractivity contribution in [2.75, 3.05) is 6.54 Å². The minimum absolute atomic E-state index is 0.138. The molecule has 6 nitrogen and oxygen atoms in total. The maximum Gasteiger partial charge on any atom is 0.325 e. The maximum atomic E-state index is 12.4. The van der Waals surface area contributed by atoms with E-state index in [0.717, 1.165) is 4.88 Å². The summed E-state index contributed by atoms with van der Waals surface area (Å²) >= 11 is 8.02. The Bertz CT molecular complexity index is 685. The summed E-state index contributed by atoms with van der Waals surface area (Å²) in [5.74, 6) is -1.60. The molecule has 128 valence electrons. The number of nitrogens with zero attached hydrogens (tertiary/aromatic N) is 1. The number of hydrogen-bond donors (Lipinski definition) is 2. The van der Waals surface area contributed by atoms with E-state index in [1.165, 1.54) is 34.9 Å². The van der Waals surface area contributed by atoms with Crippen molar-refractivity contribution in [1.82, 2.24) is 10.2 Å². The molecule has 2 N–H and O–H groups in total. The Morgan fingerprint density at radius 2 is 2.25 bits per heavy atom. The molecule has 2 amide bonds. The van der Waals surface area contributed by atoms with Gasteiger partial charge in [-0.3, -0.25) is 19.3 Å². The van der Waals surface area contributed by atoms with Crippen molar-refractivity contribution in [3.8, 4) is 0 Å². The summed E-state index contributed by atoms with van der Waals surface area (Å²) < 4.78 is 0.474. The van der Waals surface area contributed by atoms with Crippen LogP contribution in [-0.2, 0) is 14.4 Å². The molecular weight excluding hydrogens is 368 g/mol. The van der Waals surface area contributed by atoms with Crippen molar-refractivity contribution in [2.45, 2.75) is 25.8 Å². The molecule has 1 aromatic rings. The zero-order valence-corrected chi connectivity index (χ0v) is 15.3. The number of carbonyl (C=O) groups is 3. The van der Waals surface area contributed by atoms with Gasteiger partial charge >= 0.3 is 5.97 Å². The van der Waals surface area contributed by atoms with Crippen molar-refractivity contribution in [3.63, 3.8) is 0 Å². The highest BCUT2D eigenvalue weighted by molar-refractivity contribution is 8.26. The molecule has 1 aliphatic heterocycles. The number of carboxylic acids is 1. The van der Waals surface area contributed by atoms with Gasteiger partial charge in [0.25, 0.3) is 5.91 Å². The monoisotopic (exact) mass is 384 g/mol. The number of rotatable bonds is 7. The minimum Gasteiger partial charge on any atom is -0.480 e. The third kappa shape index (κ3) is 4.89. The Morgan fingerprint density at radius 1 is 1.50 bits per heavy atom. The molecule has 0 radical (unpaired) electrons. The van der Waals surface area contributed by atoms with E-state index in [1.807, 2.05) is 23.6 Å². The highest BCUT2D eigenvalue weighted by Crippen LogP contribution is 2.33. The van der Waals surface area contributed by atoms with Crippen LogP contribution in [0.4, 0.5) is 0 Å².